The second-order valence-corrected chi connectivity index (χ2v) is 4.35. The molecule has 20 heavy (non-hydrogen) atoms. The molecule has 0 radical (unpaired) electrons. The molecule has 0 amide bonds. The summed E-state index contributed by atoms with van der Waals surface area (Å²) in [7, 11) is 0. The average Bonchev–Trinajstić information content (AvgIpc) is 2.43. The number of nitrogens with zero attached hydrogens (tertiary/aromatic N) is 2. The van der Waals surface area contributed by atoms with Crippen LogP contribution >= 0.6 is 0 Å². The van der Waals surface area contributed by atoms with E-state index in [1.54, 1.807) is 13.0 Å². The van der Waals surface area contributed by atoms with Crippen molar-refractivity contribution in [1.82, 2.24) is 9.97 Å². The van der Waals surface area contributed by atoms with Gasteiger partial charge in [0, 0.05) is 6.07 Å². The number of hydrogen-bond acceptors (Lipinski definition) is 3. The zero-order valence-electron chi connectivity index (χ0n) is 10.6. The Hall–Kier alpha value is -2.56. The molecule has 2 aromatic carbocycles. The minimum absolute atomic E-state index is 0.197. The van der Waals surface area contributed by atoms with Gasteiger partial charge in [0.1, 0.15) is 23.7 Å². The van der Waals surface area contributed by atoms with Gasteiger partial charge in [-0.1, -0.05) is 6.07 Å². The molecule has 0 aliphatic carbocycles. The van der Waals surface area contributed by atoms with Gasteiger partial charge in [-0.3, -0.25) is 0 Å². The Balaban J connectivity index is 2.10. The van der Waals surface area contributed by atoms with Gasteiger partial charge in [0.05, 0.1) is 10.9 Å². The molecule has 0 bridgehead atoms. The minimum Gasteiger partial charge on any atom is -0.438 e. The van der Waals surface area contributed by atoms with Crippen molar-refractivity contribution < 1.29 is 13.5 Å². The summed E-state index contributed by atoms with van der Waals surface area (Å²) < 4.78 is 32.2. The van der Waals surface area contributed by atoms with Crippen molar-refractivity contribution in [3.8, 4) is 11.6 Å². The van der Waals surface area contributed by atoms with E-state index in [0.717, 1.165) is 5.56 Å². The molecule has 0 atom stereocenters. The van der Waals surface area contributed by atoms with Gasteiger partial charge >= 0.3 is 0 Å². The fourth-order valence-corrected chi connectivity index (χ4v) is 1.87. The maximum atomic E-state index is 13.3. The number of halogens is 2. The molecule has 5 heteroatoms. The predicted octanol–water partition coefficient (Wildman–Crippen LogP) is 4.01. The van der Waals surface area contributed by atoms with E-state index in [-0.39, 0.29) is 5.88 Å². The molecule has 3 rings (SSSR count). The van der Waals surface area contributed by atoms with E-state index in [9.17, 15) is 8.78 Å². The molecule has 0 fully saturated rings. The van der Waals surface area contributed by atoms with Crippen LogP contribution in [0, 0.1) is 18.6 Å². The predicted molar refractivity (Wildman–Crippen MR) is 70.7 cm³/mol. The molecule has 3 aromatic rings. The second-order valence-electron chi connectivity index (χ2n) is 4.35. The number of rotatable bonds is 2. The lowest BCUT2D eigenvalue weighted by molar-refractivity contribution is 0.459. The van der Waals surface area contributed by atoms with Gasteiger partial charge < -0.3 is 4.74 Å². The first-order valence-corrected chi connectivity index (χ1v) is 5.98. The lowest BCUT2D eigenvalue weighted by Gasteiger charge is -2.09. The molecule has 3 nitrogen and oxygen atoms in total. The summed E-state index contributed by atoms with van der Waals surface area (Å²) in [6, 6.07) is 8.36. The highest BCUT2D eigenvalue weighted by Gasteiger charge is 2.09. The normalized spacial score (nSPS) is 10.8. The highest BCUT2D eigenvalue weighted by atomic mass is 19.1. The van der Waals surface area contributed by atoms with Crippen LogP contribution in [0.15, 0.2) is 42.7 Å². The van der Waals surface area contributed by atoms with E-state index in [4.69, 9.17) is 4.74 Å². The standard InChI is InChI=1S/C15H10F2N2O/c1-9-2-3-11(17)7-14(9)20-15-12-6-10(16)4-5-13(12)18-8-19-15/h2-8H,1H3. The molecule has 0 saturated heterocycles. The Labute approximate surface area is 113 Å². The highest BCUT2D eigenvalue weighted by Crippen LogP contribution is 2.29. The first-order chi connectivity index (χ1) is 9.63. The number of benzene rings is 2. The largest absolute Gasteiger partial charge is 0.438 e. The molecule has 0 aliphatic heterocycles. The molecule has 0 spiro atoms. The first kappa shape index (κ1) is 12.5. The molecule has 100 valence electrons. The van der Waals surface area contributed by atoms with Crippen molar-refractivity contribution in [2.45, 2.75) is 6.92 Å². The van der Waals surface area contributed by atoms with E-state index in [2.05, 4.69) is 9.97 Å². The summed E-state index contributed by atoms with van der Waals surface area (Å²) in [6.45, 7) is 1.79. The van der Waals surface area contributed by atoms with Crippen molar-refractivity contribution >= 4 is 10.9 Å². The third-order valence-corrected chi connectivity index (χ3v) is 2.92. The SMILES string of the molecule is Cc1ccc(F)cc1Oc1ncnc2ccc(F)cc12. The Morgan fingerprint density at radius 1 is 0.950 bits per heavy atom. The number of aryl methyl sites for hydroxylation is 1. The number of fused-ring (bicyclic) bond motifs is 1. The Bertz CT molecular complexity index is 790. The monoisotopic (exact) mass is 272 g/mol. The van der Waals surface area contributed by atoms with Crippen LogP contribution in [-0.2, 0) is 0 Å². The zero-order valence-corrected chi connectivity index (χ0v) is 10.6. The molecule has 0 aliphatic rings. The minimum atomic E-state index is -0.409. The van der Waals surface area contributed by atoms with E-state index >= 15 is 0 Å². The summed E-state index contributed by atoms with van der Waals surface area (Å²) in [4.78, 5) is 8.02. The van der Waals surface area contributed by atoms with Gasteiger partial charge in [0.15, 0.2) is 0 Å². The summed E-state index contributed by atoms with van der Waals surface area (Å²) >= 11 is 0. The molecular weight excluding hydrogens is 262 g/mol. The molecule has 1 aromatic heterocycles. The van der Waals surface area contributed by atoms with Crippen molar-refractivity contribution in [2.24, 2.45) is 0 Å². The van der Waals surface area contributed by atoms with Crippen LogP contribution in [0.3, 0.4) is 0 Å². The van der Waals surface area contributed by atoms with Crippen molar-refractivity contribution in [1.29, 1.82) is 0 Å². The smallest absolute Gasteiger partial charge is 0.230 e. The van der Waals surface area contributed by atoms with Gasteiger partial charge in [-0.25, -0.2) is 18.7 Å². The van der Waals surface area contributed by atoms with Crippen molar-refractivity contribution in [3.63, 3.8) is 0 Å². The first-order valence-electron chi connectivity index (χ1n) is 5.98. The highest BCUT2D eigenvalue weighted by molar-refractivity contribution is 5.83. The molecule has 0 unspecified atom stereocenters. The quantitative estimate of drug-likeness (QED) is 0.707. The summed E-state index contributed by atoms with van der Waals surface area (Å²) in [5.41, 5.74) is 1.32. The van der Waals surface area contributed by atoms with E-state index < -0.39 is 11.6 Å². The Morgan fingerprint density at radius 2 is 1.70 bits per heavy atom. The third kappa shape index (κ3) is 2.30. The van der Waals surface area contributed by atoms with Crippen LogP contribution in [0.1, 0.15) is 5.56 Å². The van der Waals surface area contributed by atoms with Crippen molar-refractivity contribution in [2.75, 3.05) is 0 Å². The molecular formula is C15H10F2N2O. The van der Waals surface area contributed by atoms with Gasteiger partial charge in [0.2, 0.25) is 5.88 Å². The van der Waals surface area contributed by atoms with Crippen LogP contribution in [0.5, 0.6) is 11.6 Å². The maximum absolute atomic E-state index is 13.3. The van der Waals surface area contributed by atoms with Gasteiger partial charge in [0.25, 0.3) is 0 Å². The van der Waals surface area contributed by atoms with Crippen LogP contribution in [0.25, 0.3) is 10.9 Å². The van der Waals surface area contributed by atoms with Crippen LogP contribution < -0.4 is 4.74 Å². The van der Waals surface area contributed by atoms with Crippen molar-refractivity contribution in [3.05, 3.63) is 59.9 Å². The molecule has 0 saturated carbocycles. The maximum Gasteiger partial charge on any atom is 0.230 e. The van der Waals surface area contributed by atoms with Crippen LogP contribution in [0.2, 0.25) is 0 Å². The van der Waals surface area contributed by atoms with Crippen LogP contribution in [-0.4, -0.2) is 9.97 Å². The average molecular weight is 272 g/mol. The number of hydrogen-bond donors (Lipinski definition) is 0. The number of ether oxygens (including phenoxy) is 1. The molecule has 1 heterocycles. The topological polar surface area (TPSA) is 35.0 Å². The van der Waals surface area contributed by atoms with Gasteiger partial charge in [-0.2, -0.15) is 0 Å². The second kappa shape index (κ2) is 4.85. The summed E-state index contributed by atoms with van der Waals surface area (Å²) in [5.74, 6) is -0.277. The lowest BCUT2D eigenvalue weighted by atomic mass is 10.2. The molecule has 0 N–H and O–H groups in total. The Morgan fingerprint density at radius 3 is 2.55 bits per heavy atom. The summed E-state index contributed by atoms with van der Waals surface area (Å²) in [5, 5.41) is 0.441. The Kier molecular flexibility index (Phi) is 3.02. The lowest BCUT2D eigenvalue weighted by Crippen LogP contribution is -1.94. The third-order valence-electron chi connectivity index (χ3n) is 2.92. The van der Waals surface area contributed by atoms with Crippen LogP contribution in [0.4, 0.5) is 8.78 Å². The van der Waals surface area contributed by atoms with Gasteiger partial charge in [-0.15, -0.1) is 0 Å². The van der Waals surface area contributed by atoms with E-state index in [1.807, 2.05) is 0 Å². The van der Waals surface area contributed by atoms with E-state index in [1.165, 1.54) is 36.7 Å². The fourth-order valence-electron chi connectivity index (χ4n) is 1.87. The fraction of sp³-hybridized carbons (Fsp3) is 0.0667. The summed E-state index contributed by atoms with van der Waals surface area (Å²) in [6.07, 6.45) is 1.32. The van der Waals surface area contributed by atoms with E-state index in [0.29, 0.717) is 16.7 Å². The van der Waals surface area contributed by atoms with Gasteiger partial charge in [-0.05, 0) is 36.8 Å². The number of aromatic nitrogens is 2. The zero-order chi connectivity index (χ0) is 14.1.